The summed E-state index contributed by atoms with van der Waals surface area (Å²) in [5, 5.41) is 14.1. The standard InChI is InChI=1S/C12H13ClN2O2/c1-7-10(12(16)17)11(15(2)14-7)8-5-3-4-6-9(8)13/h3-4,6,8H,5H2,1-2H3,(H,16,17). The quantitative estimate of drug-likeness (QED) is 0.880. The third-order valence-corrected chi connectivity index (χ3v) is 3.30. The monoisotopic (exact) mass is 252 g/mol. The van der Waals surface area contributed by atoms with E-state index in [1.807, 2.05) is 12.2 Å². The van der Waals surface area contributed by atoms with Crippen LogP contribution in [0.3, 0.4) is 0 Å². The Kier molecular flexibility index (Phi) is 3.07. The predicted molar refractivity (Wildman–Crippen MR) is 65.3 cm³/mol. The van der Waals surface area contributed by atoms with E-state index in [2.05, 4.69) is 5.10 Å². The van der Waals surface area contributed by atoms with Gasteiger partial charge < -0.3 is 5.11 Å². The van der Waals surface area contributed by atoms with Gasteiger partial charge in [0.25, 0.3) is 0 Å². The highest BCUT2D eigenvalue weighted by Crippen LogP contribution is 2.35. The van der Waals surface area contributed by atoms with Gasteiger partial charge >= 0.3 is 5.97 Å². The second-order valence-corrected chi connectivity index (χ2v) is 4.48. The fourth-order valence-electron chi connectivity index (χ4n) is 2.19. The van der Waals surface area contributed by atoms with Crippen molar-refractivity contribution in [3.05, 3.63) is 40.2 Å². The highest BCUT2D eigenvalue weighted by atomic mass is 35.5. The molecule has 0 bridgehead atoms. The van der Waals surface area contributed by atoms with E-state index >= 15 is 0 Å². The average molecular weight is 253 g/mol. The van der Waals surface area contributed by atoms with Crippen LogP contribution in [0.2, 0.25) is 0 Å². The maximum atomic E-state index is 11.3. The lowest BCUT2D eigenvalue weighted by atomic mass is 9.93. The number of nitrogens with zero attached hydrogens (tertiary/aromatic N) is 2. The van der Waals surface area contributed by atoms with Gasteiger partial charge in [-0.3, -0.25) is 4.68 Å². The molecule has 1 atom stereocenters. The van der Waals surface area contributed by atoms with Gasteiger partial charge in [0.15, 0.2) is 0 Å². The summed E-state index contributed by atoms with van der Waals surface area (Å²) >= 11 is 6.15. The molecule has 0 radical (unpaired) electrons. The van der Waals surface area contributed by atoms with Crippen molar-refractivity contribution in [2.45, 2.75) is 19.3 Å². The number of aryl methyl sites for hydroxylation is 2. The van der Waals surface area contributed by atoms with Crippen LogP contribution in [0.25, 0.3) is 0 Å². The minimum Gasteiger partial charge on any atom is -0.478 e. The van der Waals surface area contributed by atoms with Crippen LogP contribution in [0.5, 0.6) is 0 Å². The van der Waals surface area contributed by atoms with Crippen molar-refractivity contribution in [1.29, 1.82) is 0 Å². The van der Waals surface area contributed by atoms with Crippen LogP contribution in [-0.4, -0.2) is 20.9 Å². The molecule has 0 saturated heterocycles. The lowest BCUT2D eigenvalue weighted by Crippen LogP contribution is -2.12. The summed E-state index contributed by atoms with van der Waals surface area (Å²) in [6.07, 6.45) is 6.35. The average Bonchev–Trinajstić information content (AvgIpc) is 2.54. The first-order valence-electron chi connectivity index (χ1n) is 5.31. The third-order valence-electron chi connectivity index (χ3n) is 2.91. The van der Waals surface area contributed by atoms with E-state index < -0.39 is 5.97 Å². The Balaban J connectivity index is 2.55. The lowest BCUT2D eigenvalue weighted by Gasteiger charge is -2.18. The van der Waals surface area contributed by atoms with Gasteiger partial charge in [-0.25, -0.2) is 4.79 Å². The van der Waals surface area contributed by atoms with E-state index in [1.54, 1.807) is 24.7 Å². The molecule has 17 heavy (non-hydrogen) atoms. The van der Waals surface area contributed by atoms with Crippen LogP contribution < -0.4 is 0 Å². The number of hydrogen-bond donors (Lipinski definition) is 1. The molecule has 1 aromatic heterocycles. The van der Waals surface area contributed by atoms with Gasteiger partial charge in [-0.2, -0.15) is 5.10 Å². The normalized spacial score (nSPS) is 19.2. The summed E-state index contributed by atoms with van der Waals surface area (Å²) < 4.78 is 1.61. The van der Waals surface area contributed by atoms with Crippen molar-refractivity contribution in [1.82, 2.24) is 9.78 Å². The molecule has 1 heterocycles. The van der Waals surface area contributed by atoms with Crippen LogP contribution >= 0.6 is 11.6 Å². The zero-order chi connectivity index (χ0) is 12.6. The number of carboxylic acids is 1. The highest BCUT2D eigenvalue weighted by Gasteiger charge is 2.28. The van der Waals surface area contributed by atoms with Crippen molar-refractivity contribution in [3.63, 3.8) is 0 Å². The van der Waals surface area contributed by atoms with Crippen LogP contribution in [0.15, 0.2) is 23.3 Å². The fraction of sp³-hybridized carbons (Fsp3) is 0.333. The summed E-state index contributed by atoms with van der Waals surface area (Å²) in [6, 6.07) is 0. The zero-order valence-electron chi connectivity index (χ0n) is 9.64. The molecule has 1 unspecified atom stereocenters. The number of allylic oxidation sites excluding steroid dienone is 4. The van der Waals surface area contributed by atoms with E-state index in [1.165, 1.54) is 0 Å². The van der Waals surface area contributed by atoms with Gasteiger partial charge in [0, 0.05) is 18.0 Å². The number of aromatic carboxylic acids is 1. The molecule has 0 aromatic carbocycles. The number of carbonyl (C=O) groups is 1. The van der Waals surface area contributed by atoms with Gasteiger partial charge in [-0.15, -0.1) is 0 Å². The Morgan fingerprint density at radius 3 is 2.94 bits per heavy atom. The van der Waals surface area contributed by atoms with Crippen LogP contribution in [-0.2, 0) is 7.05 Å². The Morgan fingerprint density at radius 2 is 2.35 bits per heavy atom. The van der Waals surface area contributed by atoms with Crippen molar-refractivity contribution in [3.8, 4) is 0 Å². The number of hydrogen-bond acceptors (Lipinski definition) is 2. The number of carboxylic acid groups (broad SMARTS) is 1. The van der Waals surface area contributed by atoms with Crippen molar-refractivity contribution in [2.24, 2.45) is 7.05 Å². The second-order valence-electron chi connectivity index (χ2n) is 4.04. The zero-order valence-corrected chi connectivity index (χ0v) is 10.4. The van der Waals surface area contributed by atoms with E-state index in [-0.39, 0.29) is 11.5 Å². The summed E-state index contributed by atoms with van der Waals surface area (Å²) in [7, 11) is 1.75. The number of rotatable bonds is 2. The maximum Gasteiger partial charge on any atom is 0.339 e. The minimum atomic E-state index is -0.954. The van der Waals surface area contributed by atoms with Gasteiger partial charge in [-0.1, -0.05) is 23.8 Å². The Morgan fingerprint density at radius 1 is 1.65 bits per heavy atom. The second kappa shape index (κ2) is 4.37. The largest absolute Gasteiger partial charge is 0.478 e. The topological polar surface area (TPSA) is 55.1 Å². The molecule has 1 aliphatic rings. The van der Waals surface area contributed by atoms with E-state index in [0.717, 1.165) is 0 Å². The molecule has 0 aliphatic heterocycles. The SMILES string of the molecule is Cc1nn(C)c(C2CC=CC=C2Cl)c1C(=O)O. The first-order chi connectivity index (χ1) is 8.02. The summed E-state index contributed by atoms with van der Waals surface area (Å²) in [6.45, 7) is 1.70. The van der Waals surface area contributed by atoms with E-state index in [0.29, 0.717) is 22.8 Å². The van der Waals surface area contributed by atoms with Crippen LogP contribution in [0, 0.1) is 6.92 Å². The smallest absolute Gasteiger partial charge is 0.339 e. The van der Waals surface area contributed by atoms with Crippen molar-refractivity contribution in [2.75, 3.05) is 0 Å². The number of aromatic nitrogens is 2. The third kappa shape index (κ3) is 2.00. The van der Waals surface area contributed by atoms with Gasteiger partial charge in [0.2, 0.25) is 0 Å². The summed E-state index contributed by atoms with van der Waals surface area (Å²) in [5.74, 6) is -1.07. The molecule has 2 rings (SSSR count). The van der Waals surface area contributed by atoms with Crippen LogP contribution in [0.4, 0.5) is 0 Å². The van der Waals surface area contributed by atoms with Crippen molar-refractivity contribution >= 4 is 17.6 Å². The molecule has 4 nitrogen and oxygen atoms in total. The Hall–Kier alpha value is -1.55. The molecule has 0 amide bonds. The predicted octanol–water partition coefficient (Wildman–Crippen LogP) is 2.59. The summed E-state index contributed by atoms with van der Waals surface area (Å²) in [5.41, 5.74) is 1.45. The van der Waals surface area contributed by atoms with E-state index in [9.17, 15) is 9.90 Å². The molecule has 0 fully saturated rings. The van der Waals surface area contributed by atoms with Crippen molar-refractivity contribution < 1.29 is 9.90 Å². The lowest BCUT2D eigenvalue weighted by molar-refractivity contribution is 0.0694. The van der Waals surface area contributed by atoms with E-state index in [4.69, 9.17) is 11.6 Å². The molecule has 1 aromatic rings. The Labute approximate surface area is 104 Å². The molecule has 1 N–H and O–H groups in total. The highest BCUT2D eigenvalue weighted by molar-refractivity contribution is 6.30. The molecular weight excluding hydrogens is 240 g/mol. The molecule has 90 valence electrons. The van der Waals surface area contributed by atoms with Gasteiger partial charge in [-0.05, 0) is 19.4 Å². The molecule has 0 saturated carbocycles. The maximum absolute atomic E-state index is 11.3. The molecular formula is C12H13ClN2O2. The first kappa shape index (κ1) is 11.9. The molecule has 5 heteroatoms. The van der Waals surface area contributed by atoms with Gasteiger partial charge in [0.05, 0.1) is 11.4 Å². The minimum absolute atomic E-state index is 0.112. The van der Waals surface area contributed by atoms with Gasteiger partial charge in [0.1, 0.15) is 5.56 Å². The molecule has 0 spiro atoms. The number of halogens is 1. The fourth-order valence-corrected chi connectivity index (χ4v) is 2.45. The Bertz CT molecular complexity index is 529. The van der Waals surface area contributed by atoms with Crippen LogP contribution in [0.1, 0.15) is 34.1 Å². The molecule has 1 aliphatic carbocycles. The summed E-state index contributed by atoms with van der Waals surface area (Å²) in [4.78, 5) is 11.3. The first-order valence-corrected chi connectivity index (χ1v) is 5.69.